The molecule has 2 heterocycles. The predicted molar refractivity (Wildman–Crippen MR) is 132 cm³/mol. The minimum atomic E-state index is -0.991. The lowest BCUT2D eigenvalue weighted by Gasteiger charge is -2.20. The number of pyridine rings is 1. The molecule has 2 unspecified atom stereocenters. The Morgan fingerprint density at radius 2 is 1.91 bits per heavy atom. The Bertz CT molecular complexity index is 1280. The predicted octanol–water partition coefficient (Wildman–Crippen LogP) is 5.67. The van der Waals surface area contributed by atoms with E-state index >= 15 is 0 Å². The van der Waals surface area contributed by atoms with Gasteiger partial charge in [0.25, 0.3) is 0 Å². The number of oxazole rings is 1. The number of aromatic nitrogens is 2. The first-order chi connectivity index (χ1) is 17.2. The van der Waals surface area contributed by atoms with Crippen molar-refractivity contribution in [3.8, 4) is 5.75 Å². The third-order valence-electron chi connectivity index (χ3n) is 6.20. The quantitative estimate of drug-likeness (QED) is 0.342. The van der Waals surface area contributed by atoms with Gasteiger partial charge in [0.2, 0.25) is 5.89 Å². The summed E-state index contributed by atoms with van der Waals surface area (Å²) >= 11 is 0. The van der Waals surface area contributed by atoms with Gasteiger partial charge in [-0.3, -0.25) is 4.98 Å². The Morgan fingerprint density at radius 1 is 1.06 bits per heavy atom. The van der Waals surface area contributed by atoms with Crippen LogP contribution in [0.5, 0.6) is 5.75 Å². The largest absolute Gasteiger partial charge is 0.479 e. The molecule has 5 rings (SSSR count). The number of hydrogen-bond donors (Lipinski definition) is 1. The van der Waals surface area contributed by atoms with E-state index in [9.17, 15) is 9.90 Å². The molecule has 1 aliphatic carbocycles. The summed E-state index contributed by atoms with van der Waals surface area (Å²) in [6.07, 6.45) is 10.8. The highest BCUT2D eigenvalue weighted by molar-refractivity contribution is 5.73. The number of allylic oxidation sites excluding steroid dienone is 1. The number of aryl methyl sites for hydroxylation is 1. The highest BCUT2D eigenvalue weighted by Crippen LogP contribution is 2.32. The molecule has 0 aliphatic heterocycles. The van der Waals surface area contributed by atoms with E-state index in [1.807, 2.05) is 66.9 Å². The highest BCUT2D eigenvalue weighted by atomic mass is 16.5. The van der Waals surface area contributed by atoms with E-state index in [-0.39, 0.29) is 12.3 Å². The molecular formula is C29H26N2O4. The second-order valence-corrected chi connectivity index (χ2v) is 8.56. The molecule has 0 fully saturated rings. The molecule has 4 aromatic rings. The van der Waals surface area contributed by atoms with Gasteiger partial charge in [-0.05, 0) is 48.1 Å². The van der Waals surface area contributed by atoms with E-state index in [4.69, 9.17) is 14.1 Å². The van der Waals surface area contributed by atoms with Gasteiger partial charge in [0.1, 0.15) is 12.0 Å². The molecule has 6 heteroatoms. The first-order valence-electron chi connectivity index (χ1n) is 11.8. The number of benzene rings is 2. The van der Waals surface area contributed by atoms with Crippen LogP contribution in [0.1, 0.15) is 52.6 Å². The fourth-order valence-electron chi connectivity index (χ4n) is 4.46. The molecule has 0 bridgehead atoms. The minimum absolute atomic E-state index is 0.200. The molecule has 35 heavy (non-hydrogen) atoms. The number of hydrogen-bond acceptors (Lipinski definition) is 5. The van der Waals surface area contributed by atoms with Crippen molar-refractivity contribution in [2.45, 2.75) is 37.7 Å². The summed E-state index contributed by atoms with van der Waals surface area (Å²) < 4.78 is 11.9. The molecule has 176 valence electrons. The Labute approximate surface area is 203 Å². The van der Waals surface area contributed by atoms with Crippen LogP contribution in [-0.4, -0.2) is 27.1 Å². The fourth-order valence-corrected chi connectivity index (χ4v) is 4.46. The number of aliphatic carboxylic acids is 1. The second-order valence-electron chi connectivity index (χ2n) is 8.56. The lowest BCUT2D eigenvalue weighted by molar-refractivity contribution is -0.145. The zero-order chi connectivity index (χ0) is 24.0. The molecule has 1 N–H and O–H groups in total. The molecule has 2 aromatic heterocycles. The fraction of sp³-hybridized carbons (Fsp3) is 0.207. The van der Waals surface area contributed by atoms with Crippen LogP contribution in [0.25, 0.3) is 6.08 Å². The standard InChI is InChI=1S/C29H26N2O4/c32-29(33)26(35-25-14-6-11-20-8-4-5-13-24(20)25)16-15-23-19-34-28(31-23)27(21-9-2-1-3-10-21)22-12-7-17-30-18-22/h1-4,6-12,14,17-19,26-27H,5,13,15-16H2,(H,32,33). The molecule has 0 spiro atoms. The molecular weight excluding hydrogens is 440 g/mol. The number of carboxylic acids is 1. The van der Waals surface area contributed by atoms with Gasteiger partial charge in [0.05, 0.1) is 11.6 Å². The molecule has 0 amide bonds. The van der Waals surface area contributed by atoms with Gasteiger partial charge < -0.3 is 14.3 Å². The van der Waals surface area contributed by atoms with Crippen molar-refractivity contribution >= 4 is 12.0 Å². The van der Waals surface area contributed by atoms with Gasteiger partial charge in [-0.25, -0.2) is 9.78 Å². The van der Waals surface area contributed by atoms with Gasteiger partial charge in [0.15, 0.2) is 6.10 Å². The van der Waals surface area contributed by atoms with Crippen LogP contribution in [0, 0.1) is 0 Å². The van der Waals surface area contributed by atoms with Crippen LogP contribution in [0.2, 0.25) is 0 Å². The third kappa shape index (κ3) is 5.17. The maximum atomic E-state index is 12.0. The Balaban J connectivity index is 1.33. The highest BCUT2D eigenvalue weighted by Gasteiger charge is 2.25. The SMILES string of the molecule is O=C(O)C(CCc1coc(C(c2ccccc2)c2cccnc2)n1)Oc1cccc2c1CCC=C2. The van der Waals surface area contributed by atoms with Crippen LogP contribution < -0.4 is 4.74 Å². The average molecular weight is 467 g/mol. The van der Waals surface area contributed by atoms with E-state index in [1.165, 1.54) is 0 Å². The lowest BCUT2D eigenvalue weighted by atomic mass is 9.92. The summed E-state index contributed by atoms with van der Waals surface area (Å²) in [5.74, 6) is 0.000910. The van der Waals surface area contributed by atoms with E-state index < -0.39 is 12.1 Å². The number of carboxylic acid groups (broad SMARTS) is 1. The Morgan fingerprint density at radius 3 is 2.71 bits per heavy atom. The second kappa shape index (κ2) is 10.4. The minimum Gasteiger partial charge on any atom is -0.479 e. The van der Waals surface area contributed by atoms with Gasteiger partial charge in [-0.2, -0.15) is 0 Å². The number of ether oxygens (including phenoxy) is 1. The van der Waals surface area contributed by atoms with Crippen LogP contribution in [0.3, 0.4) is 0 Å². The molecule has 6 nitrogen and oxygen atoms in total. The first kappa shape index (κ1) is 22.6. The Kier molecular flexibility index (Phi) is 6.70. The van der Waals surface area contributed by atoms with E-state index in [1.54, 1.807) is 12.5 Å². The van der Waals surface area contributed by atoms with E-state index in [0.29, 0.717) is 23.8 Å². The summed E-state index contributed by atoms with van der Waals surface area (Å²) in [6.45, 7) is 0. The average Bonchev–Trinajstić information content (AvgIpc) is 3.36. The summed E-state index contributed by atoms with van der Waals surface area (Å²) in [5.41, 5.74) is 4.86. The first-order valence-corrected chi connectivity index (χ1v) is 11.8. The van der Waals surface area contributed by atoms with E-state index in [0.717, 1.165) is 35.1 Å². The monoisotopic (exact) mass is 466 g/mol. The summed E-state index contributed by atoms with van der Waals surface area (Å²) in [5, 5.41) is 9.82. The third-order valence-corrected chi connectivity index (χ3v) is 6.20. The molecule has 2 atom stereocenters. The number of nitrogens with zero attached hydrogens (tertiary/aromatic N) is 2. The molecule has 2 aromatic carbocycles. The van der Waals surface area contributed by atoms with Gasteiger partial charge >= 0.3 is 5.97 Å². The summed E-state index contributed by atoms with van der Waals surface area (Å²) in [4.78, 5) is 21.0. The van der Waals surface area contributed by atoms with Crippen molar-refractivity contribution in [1.82, 2.24) is 9.97 Å². The summed E-state index contributed by atoms with van der Waals surface area (Å²) in [6, 6.07) is 19.7. The van der Waals surface area contributed by atoms with Crippen molar-refractivity contribution in [3.05, 3.63) is 119 Å². The van der Waals surface area contributed by atoms with Crippen molar-refractivity contribution in [3.63, 3.8) is 0 Å². The van der Waals surface area contributed by atoms with Crippen LogP contribution in [-0.2, 0) is 17.6 Å². The van der Waals surface area contributed by atoms with Crippen molar-refractivity contribution in [1.29, 1.82) is 0 Å². The van der Waals surface area contributed by atoms with Gasteiger partial charge in [0, 0.05) is 24.4 Å². The lowest BCUT2D eigenvalue weighted by Crippen LogP contribution is -2.28. The van der Waals surface area contributed by atoms with Crippen LogP contribution in [0.15, 0.2) is 89.8 Å². The number of rotatable bonds is 9. The van der Waals surface area contributed by atoms with Crippen molar-refractivity contribution in [2.75, 3.05) is 0 Å². The van der Waals surface area contributed by atoms with Crippen LogP contribution >= 0.6 is 0 Å². The maximum absolute atomic E-state index is 12.0. The van der Waals surface area contributed by atoms with E-state index in [2.05, 4.69) is 17.1 Å². The normalized spacial score (nSPS) is 14.2. The van der Waals surface area contributed by atoms with Gasteiger partial charge in [-0.15, -0.1) is 0 Å². The maximum Gasteiger partial charge on any atom is 0.344 e. The zero-order valence-electron chi connectivity index (χ0n) is 19.2. The number of fused-ring (bicyclic) bond motifs is 1. The molecule has 0 saturated carbocycles. The van der Waals surface area contributed by atoms with Crippen molar-refractivity contribution in [2.24, 2.45) is 0 Å². The smallest absolute Gasteiger partial charge is 0.344 e. The summed E-state index contributed by atoms with van der Waals surface area (Å²) in [7, 11) is 0. The zero-order valence-corrected chi connectivity index (χ0v) is 19.2. The number of carbonyl (C=O) groups is 1. The van der Waals surface area contributed by atoms with Crippen molar-refractivity contribution < 1.29 is 19.1 Å². The van der Waals surface area contributed by atoms with Crippen LogP contribution in [0.4, 0.5) is 0 Å². The topological polar surface area (TPSA) is 85.5 Å². The molecule has 0 radical (unpaired) electrons. The Hall–Kier alpha value is -4.19. The molecule has 0 saturated heterocycles. The molecule has 1 aliphatic rings. The van der Waals surface area contributed by atoms with Gasteiger partial charge in [-0.1, -0.05) is 60.7 Å².